The summed E-state index contributed by atoms with van der Waals surface area (Å²) >= 11 is 1.08. The molecule has 0 radical (unpaired) electrons. The quantitative estimate of drug-likeness (QED) is 0.661. The van der Waals surface area contributed by atoms with Crippen molar-refractivity contribution in [1.29, 1.82) is 0 Å². The van der Waals surface area contributed by atoms with Crippen LogP contribution in [0.15, 0.2) is 22.5 Å². The summed E-state index contributed by atoms with van der Waals surface area (Å²) < 4.78 is 32.8. The van der Waals surface area contributed by atoms with Crippen LogP contribution in [0.4, 0.5) is 5.13 Å². The Morgan fingerprint density at radius 3 is 2.56 bits per heavy atom. The highest BCUT2D eigenvalue weighted by atomic mass is 32.2. The van der Waals surface area contributed by atoms with Crippen molar-refractivity contribution in [2.24, 2.45) is 7.05 Å². The number of carbonyl (C=O) groups excluding carboxylic acids is 2. The van der Waals surface area contributed by atoms with Crippen molar-refractivity contribution in [3.63, 3.8) is 0 Å². The molecule has 148 valence electrons. The lowest BCUT2D eigenvalue weighted by molar-refractivity contribution is 0.0520. The Labute approximate surface area is 162 Å². The fraction of sp³-hybridized carbons (Fsp3) is 0.438. The molecular formula is C16H22N4O5S2. The molecule has 1 N–H and O–H groups in total. The fourth-order valence-corrected chi connectivity index (χ4v) is 4.61. The standard InChI is InChI=1S/C16H22N4O5S2/c1-5-20(6-2)27(23,24)11-8-13(19(4)9-11)14(21)18-16-17-12(10-26-16)15(22)25-7-3/h8-10H,5-7H2,1-4H3,(H,17,18,21). The van der Waals surface area contributed by atoms with Gasteiger partial charge in [0.15, 0.2) is 10.8 Å². The van der Waals surface area contributed by atoms with Gasteiger partial charge in [-0.25, -0.2) is 18.2 Å². The van der Waals surface area contributed by atoms with Gasteiger partial charge in [0, 0.05) is 31.7 Å². The van der Waals surface area contributed by atoms with E-state index in [1.54, 1.807) is 27.8 Å². The van der Waals surface area contributed by atoms with Crippen molar-refractivity contribution in [1.82, 2.24) is 13.9 Å². The average Bonchev–Trinajstić information content (AvgIpc) is 3.23. The van der Waals surface area contributed by atoms with Gasteiger partial charge >= 0.3 is 5.97 Å². The molecule has 0 aromatic carbocycles. The lowest BCUT2D eigenvalue weighted by Gasteiger charge is -2.17. The van der Waals surface area contributed by atoms with Gasteiger partial charge in [-0.2, -0.15) is 4.31 Å². The topological polar surface area (TPSA) is 111 Å². The van der Waals surface area contributed by atoms with Crippen LogP contribution in [0.2, 0.25) is 0 Å². The Morgan fingerprint density at radius 2 is 1.96 bits per heavy atom. The first-order chi connectivity index (χ1) is 12.7. The Morgan fingerprint density at radius 1 is 1.30 bits per heavy atom. The van der Waals surface area contributed by atoms with E-state index in [0.29, 0.717) is 13.1 Å². The van der Waals surface area contributed by atoms with Gasteiger partial charge in [0.2, 0.25) is 10.0 Å². The predicted octanol–water partition coefficient (Wildman–Crippen LogP) is 1.94. The van der Waals surface area contributed by atoms with Crippen LogP contribution in [0, 0.1) is 0 Å². The second-order valence-corrected chi connectivity index (χ2v) is 8.27. The molecule has 0 fully saturated rings. The molecule has 0 atom stereocenters. The van der Waals surface area contributed by atoms with E-state index in [9.17, 15) is 18.0 Å². The maximum absolute atomic E-state index is 12.6. The van der Waals surface area contributed by atoms with E-state index in [4.69, 9.17) is 4.74 Å². The number of sulfonamides is 1. The van der Waals surface area contributed by atoms with Crippen molar-refractivity contribution in [2.75, 3.05) is 25.0 Å². The number of hydrogen-bond acceptors (Lipinski definition) is 7. The number of nitrogens with one attached hydrogen (secondary N) is 1. The molecule has 0 aliphatic rings. The second kappa shape index (κ2) is 8.63. The Kier molecular flexibility index (Phi) is 6.73. The SMILES string of the molecule is CCOC(=O)c1csc(NC(=O)c2cc(S(=O)(=O)N(CC)CC)cn2C)n1. The zero-order chi connectivity index (χ0) is 20.2. The van der Waals surface area contributed by atoms with Gasteiger partial charge < -0.3 is 9.30 Å². The monoisotopic (exact) mass is 414 g/mol. The summed E-state index contributed by atoms with van der Waals surface area (Å²) in [5.74, 6) is -1.09. The summed E-state index contributed by atoms with van der Waals surface area (Å²) in [7, 11) is -2.08. The number of rotatable bonds is 8. The minimum Gasteiger partial charge on any atom is -0.461 e. The Bertz CT molecular complexity index is 929. The lowest BCUT2D eigenvalue weighted by atomic mass is 10.4. The summed E-state index contributed by atoms with van der Waals surface area (Å²) in [4.78, 5) is 28.2. The molecule has 2 aromatic rings. The molecule has 0 spiro atoms. The number of hydrogen-bond donors (Lipinski definition) is 1. The number of aryl methyl sites for hydroxylation is 1. The largest absolute Gasteiger partial charge is 0.461 e. The van der Waals surface area contributed by atoms with Crippen LogP contribution in [0.1, 0.15) is 41.7 Å². The van der Waals surface area contributed by atoms with E-state index in [2.05, 4.69) is 10.3 Å². The van der Waals surface area contributed by atoms with Gasteiger partial charge in [0.25, 0.3) is 5.91 Å². The summed E-state index contributed by atoms with van der Waals surface area (Å²) in [5.41, 5.74) is 0.266. The first-order valence-electron chi connectivity index (χ1n) is 8.35. The molecule has 0 unspecified atom stereocenters. The zero-order valence-corrected chi connectivity index (χ0v) is 17.2. The molecule has 2 aromatic heterocycles. The van der Waals surface area contributed by atoms with Crippen molar-refractivity contribution in [2.45, 2.75) is 25.7 Å². The molecular weight excluding hydrogens is 392 g/mol. The van der Waals surface area contributed by atoms with Crippen LogP contribution in [0.5, 0.6) is 0 Å². The van der Waals surface area contributed by atoms with E-state index in [-0.39, 0.29) is 28.0 Å². The van der Waals surface area contributed by atoms with Gasteiger partial charge in [-0.1, -0.05) is 13.8 Å². The second-order valence-electron chi connectivity index (χ2n) is 5.47. The smallest absolute Gasteiger partial charge is 0.357 e. The van der Waals surface area contributed by atoms with E-state index in [0.717, 1.165) is 11.3 Å². The van der Waals surface area contributed by atoms with E-state index < -0.39 is 21.9 Å². The van der Waals surface area contributed by atoms with Crippen LogP contribution in [0.25, 0.3) is 0 Å². The molecule has 1 amide bonds. The van der Waals surface area contributed by atoms with Crippen molar-refractivity contribution < 1.29 is 22.7 Å². The minimum absolute atomic E-state index is 0.0465. The van der Waals surface area contributed by atoms with Gasteiger partial charge in [-0.05, 0) is 13.0 Å². The minimum atomic E-state index is -3.66. The zero-order valence-electron chi connectivity index (χ0n) is 15.6. The summed E-state index contributed by atoms with van der Waals surface area (Å²) in [5, 5.41) is 4.27. The van der Waals surface area contributed by atoms with E-state index >= 15 is 0 Å². The third-order valence-corrected chi connectivity index (χ3v) is 6.54. The third-order valence-electron chi connectivity index (χ3n) is 3.76. The molecule has 27 heavy (non-hydrogen) atoms. The van der Waals surface area contributed by atoms with Crippen molar-refractivity contribution in [3.05, 3.63) is 29.0 Å². The molecule has 2 rings (SSSR count). The normalized spacial score (nSPS) is 11.6. The molecule has 2 heterocycles. The first kappa shape index (κ1) is 21.1. The molecule has 9 nitrogen and oxygen atoms in total. The molecule has 0 saturated carbocycles. The Hall–Kier alpha value is -2.24. The van der Waals surface area contributed by atoms with Crippen molar-refractivity contribution in [3.8, 4) is 0 Å². The average molecular weight is 415 g/mol. The van der Waals surface area contributed by atoms with Crippen LogP contribution >= 0.6 is 11.3 Å². The maximum Gasteiger partial charge on any atom is 0.357 e. The van der Waals surface area contributed by atoms with Crippen LogP contribution in [0.3, 0.4) is 0 Å². The highest BCUT2D eigenvalue weighted by molar-refractivity contribution is 7.89. The van der Waals surface area contributed by atoms with Crippen LogP contribution < -0.4 is 5.32 Å². The number of nitrogens with zero attached hydrogens (tertiary/aromatic N) is 3. The third kappa shape index (κ3) is 4.54. The van der Waals surface area contributed by atoms with Gasteiger partial charge in [0.05, 0.1) is 6.61 Å². The number of ether oxygens (including phenoxy) is 1. The lowest BCUT2D eigenvalue weighted by Crippen LogP contribution is -2.30. The summed E-state index contributed by atoms with van der Waals surface area (Å²) in [6, 6.07) is 1.32. The van der Waals surface area contributed by atoms with Gasteiger partial charge in [-0.15, -0.1) is 11.3 Å². The highest BCUT2D eigenvalue weighted by Crippen LogP contribution is 2.21. The first-order valence-corrected chi connectivity index (χ1v) is 10.7. The molecule has 0 saturated heterocycles. The van der Waals surface area contributed by atoms with Gasteiger partial charge in [0.1, 0.15) is 10.6 Å². The van der Waals surface area contributed by atoms with Crippen LogP contribution in [-0.2, 0) is 21.8 Å². The number of anilines is 1. The fourth-order valence-electron chi connectivity index (χ4n) is 2.40. The van der Waals surface area contributed by atoms with Crippen molar-refractivity contribution >= 4 is 38.4 Å². The molecule has 0 bridgehead atoms. The highest BCUT2D eigenvalue weighted by Gasteiger charge is 2.25. The number of aromatic nitrogens is 2. The maximum atomic E-state index is 12.6. The molecule has 0 aliphatic heterocycles. The molecule has 11 heteroatoms. The van der Waals surface area contributed by atoms with Gasteiger partial charge in [-0.3, -0.25) is 10.1 Å². The number of esters is 1. The van der Waals surface area contributed by atoms with E-state index in [1.807, 2.05) is 0 Å². The van der Waals surface area contributed by atoms with E-state index in [1.165, 1.54) is 26.5 Å². The number of carbonyl (C=O) groups is 2. The van der Waals surface area contributed by atoms with Crippen LogP contribution in [-0.4, -0.2) is 53.8 Å². The number of thiazole rings is 1. The molecule has 0 aliphatic carbocycles. The predicted molar refractivity (Wildman–Crippen MR) is 102 cm³/mol. The number of amides is 1. The summed E-state index contributed by atoms with van der Waals surface area (Å²) in [6.45, 7) is 6.09. The summed E-state index contributed by atoms with van der Waals surface area (Å²) in [6.07, 6.45) is 1.40. The Balaban J connectivity index is 2.21.